The molecular weight excluding hydrogens is 222 g/mol. The zero-order valence-electron chi connectivity index (χ0n) is 12.2. The van der Waals surface area contributed by atoms with Crippen LogP contribution >= 0.6 is 0 Å². The molecule has 0 radical (unpaired) electrons. The van der Waals surface area contributed by atoms with E-state index in [0.29, 0.717) is 6.04 Å². The van der Waals surface area contributed by atoms with Gasteiger partial charge in [-0.15, -0.1) is 0 Å². The van der Waals surface area contributed by atoms with Crippen LogP contribution in [0.3, 0.4) is 0 Å². The summed E-state index contributed by atoms with van der Waals surface area (Å²) in [7, 11) is 4.15. The highest BCUT2D eigenvalue weighted by Gasteiger charge is 2.29. The predicted octanol–water partition coefficient (Wildman–Crippen LogP) is 3.21. The maximum absolute atomic E-state index is 4.49. The SMILES string of the molecule is CCC1CCCC(C(NC)c2cc(C)nn2C)C1. The smallest absolute Gasteiger partial charge is 0.0597 e. The number of nitrogens with one attached hydrogen (secondary N) is 1. The van der Waals surface area contributed by atoms with E-state index < -0.39 is 0 Å². The molecule has 18 heavy (non-hydrogen) atoms. The summed E-state index contributed by atoms with van der Waals surface area (Å²) in [6.07, 6.45) is 6.86. The van der Waals surface area contributed by atoms with Crippen LogP contribution in [-0.2, 0) is 7.05 Å². The first-order valence-electron chi connectivity index (χ1n) is 7.33. The van der Waals surface area contributed by atoms with Crippen molar-refractivity contribution in [2.24, 2.45) is 18.9 Å². The minimum absolute atomic E-state index is 0.463. The maximum atomic E-state index is 4.49. The van der Waals surface area contributed by atoms with E-state index in [9.17, 15) is 0 Å². The van der Waals surface area contributed by atoms with Crippen molar-refractivity contribution < 1.29 is 0 Å². The maximum Gasteiger partial charge on any atom is 0.0597 e. The van der Waals surface area contributed by atoms with Gasteiger partial charge in [-0.3, -0.25) is 4.68 Å². The van der Waals surface area contributed by atoms with Crippen LogP contribution < -0.4 is 5.32 Å². The van der Waals surface area contributed by atoms with E-state index in [1.54, 1.807) is 0 Å². The van der Waals surface area contributed by atoms with Crippen LogP contribution in [0.15, 0.2) is 6.07 Å². The van der Waals surface area contributed by atoms with E-state index in [1.807, 2.05) is 4.68 Å². The van der Waals surface area contributed by atoms with E-state index in [-0.39, 0.29) is 0 Å². The molecule has 0 aliphatic heterocycles. The summed E-state index contributed by atoms with van der Waals surface area (Å²) in [5, 5.41) is 8.02. The van der Waals surface area contributed by atoms with Gasteiger partial charge in [-0.1, -0.05) is 26.2 Å². The summed E-state index contributed by atoms with van der Waals surface area (Å²) in [6.45, 7) is 4.40. The number of hydrogen-bond acceptors (Lipinski definition) is 2. The summed E-state index contributed by atoms with van der Waals surface area (Å²) in [6, 6.07) is 2.70. The van der Waals surface area contributed by atoms with E-state index in [4.69, 9.17) is 0 Å². The second kappa shape index (κ2) is 5.87. The first-order valence-corrected chi connectivity index (χ1v) is 7.33. The Balaban J connectivity index is 2.15. The highest BCUT2D eigenvalue weighted by Crippen LogP contribution is 2.38. The fraction of sp³-hybridized carbons (Fsp3) is 0.800. The molecule has 1 fully saturated rings. The lowest BCUT2D eigenvalue weighted by atomic mass is 9.76. The average molecular weight is 249 g/mol. The molecule has 1 heterocycles. The van der Waals surface area contributed by atoms with Gasteiger partial charge < -0.3 is 5.32 Å². The minimum Gasteiger partial charge on any atom is -0.311 e. The van der Waals surface area contributed by atoms with E-state index in [0.717, 1.165) is 17.5 Å². The Kier molecular flexibility index (Phi) is 4.44. The van der Waals surface area contributed by atoms with Crippen LogP contribution in [0.25, 0.3) is 0 Å². The van der Waals surface area contributed by atoms with Crippen molar-refractivity contribution in [1.29, 1.82) is 0 Å². The molecule has 0 amide bonds. The molecule has 0 bridgehead atoms. The molecule has 1 aliphatic rings. The molecule has 1 N–H and O–H groups in total. The molecule has 1 aromatic rings. The fourth-order valence-electron chi connectivity index (χ4n) is 3.55. The number of aryl methyl sites for hydroxylation is 2. The van der Waals surface area contributed by atoms with Crippen LogP contribution in [0.1, 0.15) is 56.5 Å². The molecule has 3 nitrogen and oxygen atoms in total. The van der Waals surface area contributed by atoms with Crippen molar-refractivity contribution >= 4 is 0 Å². The first kappa shape index (κ1) is 13.6. The Morgan fingerprint density at radius 1 is 1.50 bits per heavy atom. The number of aromatic nitrogens is 2. The fourth-order valence-corrected chi connectivity index (χ4v) is 3.55. The molecule has 1 saturated carbocycles. The molecule has 0 aromatic carbocycles. The summed E-state index contributed by atoms with van der Waals surface area (Å²) in [5.41, 5.74) is 2.47. The van der Waals surface area contributed by atoms with Crippen molar-refractivity contribution in [2.45, 2.75) is 52.0 Å². The van der Waals surface area contributed by atoms with E-state index in [2.05, 4.69) is 44.4 Å². The Hall–Kier alpha value is -0.830. The zero-order chi connectivity index (χ0) is 13.1. The molecule has 3 heteroatoms. The highest BCUT2D eigenvalue weighted by molar-refractivity contribution is 5.14. The van der Waals surface area contributed by atoms with Gasteiger partial charge in [-0.2, -0.15) is 5.10 Å². The molecule has 3 atom stereocenters. The summed E-state index contributed by atoms with van der Waals surface area (Å²) in [4.78, 5) is 0. The third kappa shape index (κ3) is 2.77. The van der Waals surface area contributed by atoms with Crippen LogP contribution in [0.2, 0.25) is 0 Å². The van der Waals surface area contributed by atoms with Crippen LogP contribution in [0, 0.1) is 18.8 Å². The summed E-state index contributed by atoms with van der Waals surface area (Å²) >= 11 is 0. The summed E-state index contributed by atoms with van der Waals surface area (Å²) in [5.74, 6) is 1.69. The third-order valence-corrected chi connectivity index (χ3v) is 4.54. The highest BCUT2D eigenvalue weighted by atomic mass is 15.3. The van der Waals surface area contributed by atoms with Crippen molar-refractivity contribution in [2.75, 3.05) is 7.05 Å². The van der Waals surface area contributed by atoms with Crippen molar-refractivity contribution in [3.05, 3.63) is 17.5 Å². The molecule has 0 spiro atoms. The Bertz CT molecular complexity index is 383. The van der Waals surface area contributed by atoms with Gasteiger partial charge in [0.1, 0.15) is 0 Å². The van der Waals surface area contributed by atoms with Crippen molar-refractivity contribution in [3.8, 4) is 0 Å². The second-order valence-electron chi connectivity index (χ2n) is 5.80. The lowest BCUT2D eigenvalue weighted by Crippen LogP contribution is -2.30. The lowest BCUT2D eigenvalue weighted by molar-refractivity contribution is 0.210. The molecule has 1 aliphatic carbocycles. The van der Waals surface area contributed by atoms with Gasteiger partial charge in [-0.05, 0) is 44.7 Å². The molecule has 2 rings (SSSR count). The Morgan fingerprint density at radius 3 is 2.83 bits per heavy atom. The van der Waals surface area contributed by atoms with Gasteiger partial charge in [0.05, 0.1) is 17.4 Å². The molecule has 3 unspecified atom stereocenters. The molecule has 0 saturated heterocycles. The molecular formula is C15H27N3. The quantitative estimate of drug-likeness (QED) is 0.888. The summed E-state index contributed by atoms with van der Waals surface area (Å²) < 4.78 is 2.05. The van der Waals surface area contributed by atoms with Crippen molar-refractivity contribution in [1.82, 2.24) is 15.1 Å². The standard InChI is InChI=1S/C15H27N3/c1-5-12-7-6-8-13(10-12)15(16-3)14-9-11(2)17-18(14)4/h9,12-13,15-16H,5-8,10H2,1-4H3. The Morgan fingerprint density at radius 2 is 2.28 bits per heavy atom. The third-order valence-electron chi connectivity index (χ3n) is 4.54. The van der Waals surface area contributed by atoms with E-state index in [1.165, 1.54) is 37.8 Å². The van der Waals surface area contributed by atoms with Crippen LogP contribution in [0.4, 0.5) is 0 Å². The van der Waals surface area contributed by atoms with Crippen LogP contribution in [-0.4, -0.2) is 16.8 Å². The van der Waals surface area contributed by atoms with Gasteiger partial charge >= 0.3 is 0 Å². The van der Waals surface area contributed by atoms with Crippen molar-refractivity contribution in [3.63, 3.8) is 0 Å². The van der Waals surface area contributed by atoms with Gasteiger partial charge in [-0.25, -0.2) is 0 Å². The first-order chi connectivity index (χ1) is 8.65. The minimum atomic E-state index is 0.463. The lowest BCUT2D eigenvalue weighted by Gasteiger charge is -2.34. The van der Waals surface area contributed by atoms with E-state index >= 15 is 0 Å². The molecule has 1 aromatic heterocycles. The van der Waals surface area contributed by atoms with Gasteiger partial charge in [0.15, 0.2) is 0 Å². The average Bonchev–Trinajstić information content (AvgIpc) is 2.70. The topological polar surface area (TPSA) is 29.9 Å². The number of nitrogens with zero attached hydrogens (tertiary/aromatic N) is 2. The second-order valence-corrected chi connectivity index (χ2v) is 5.80. The van der Waals surface area contributed by atoms with Gasteiger partial charge in [0.2, 0.25) is 0 Å². The monoisotopic (exact) mass is 249 g/mol. The molecule has 102 valence electrons. The van der Waals surface area contributed by atoms with Gasteiger partial charge in [0, 0.05) is 7.05 Å². The van der Waals surface area contributed by atoms with Crippen LogP contribution in [0.5, 0.6) is 0 Å². The number of rotatable bonds is 4. The number of hydrogen-bond donors (Lipinski definition) is 1. The predicted molar refractivity (Wildman–Crippen MR) is 75.5 cm³/mol. The Labute approximate surface area is 111 Å². The van der Waals surface area contributed by atoms with Gasteiger partial charge in [0.25, 0.3) is 0 Å². The normalized spacial score (nSPS) is 26.2. The zero-order valence-corrected chi connectivity index (χ0v) is 12.2. The largest absolute Gasteiger partial charge is 0.311 e.